The molecule has 0 aliphatic carbocycles. The van der Waals surface area contributed by atoms with Crippen molar-refractivity contribution in [3.63, 3.8) is 0 Å². The van der Waals surface area contributed by atoms with Gasteiger partial charge in [-0.05, 0) is 12.1 Å². The number of carbonyl (C=O) groups is 1. The van der Waals surface area contributed by atoms with E-state index in [0.717, 1.165) is 0 Å². The fourth-order valence-electron chi connectivity index (χ4n) is 1.65. The number of hydrogen-bond acceptors (Lipinski definition) is 6. The molecule has 108 valence electrons. The smallest absolute Gasteiger partial charge is 0.291 e. The summed E-state index contributed by atoms with van der Waals surface area (Å²) in [5.41, 5.74) is 3.23. The highest BCUT2D eigenvalue weighted by molar-refractivity contribution is 5.93. The minimum atomic E-state index is -0.443. The van der Waals surface area contributed by atoms with E-state index < -0.39 is 5.91 Å². The highest BCUT2D eigenvalue weighted by Crippen LogP contribution is 2.29. The molecule has 0 spiro atoms. The van der Waals surface area contributed by atoms with Crippen LogP contribution in [0.1, 0.15) is 16.1 Å². The number of methoxy groups -OCH3 is 2. The van der Waals surface area contributed by atoms with Gasteiger partial charge in [0.15, 0.2) is 11.5 Å². The van der Waals surface area contributed by atoms with E-state index in [1.54, 1.807) is 25.3 Å². The second-order valence-corrected chi connectivity index (χ2v) is 3.87. The van der Waals surface area contributed by atoms with Crippen molar-refractivity contribution < 1.29 is 14.3 Å². The number of nitrogens with zero attached hydrogens (tertiary/aromatic N) is 3. The van der Waals surface area contributed by atoms with Crippen LogP contribution in [0.5, 0.6) is 11.5 Å². The Balaban J connectivity index is 2.10. The van der Waals surface area contributed by atoms with E-state index in [9.17, 15) is 4.79 Å². The lowest BCUT2D eigenvalue weighted by Crippen LogP contribution is -2.19. The maximum Gasteiger partial charge on any atom is 0.291 e. The standard InChI is InChI=1S/C14H14N4O3/c1-20-12-5-3-4-10(13(12)21-2)8-17-18-14(19)11-9-15-6-7-16-11/h3-9H,1-2H3,(H,18,19)/b17-8+. The third-order valence-corrected chi connectivity index (χ3v) is 2.60. The van der Waals surface area contributed by atoms with Crippen LogP contribution >= 0.6 is 0 Å². The molecule has 0 fully saturated rings. The van der Waals surface area contributed by atoms with Crippen molar-refractivity contribution in [1.29, 1.82) is 0 Å². The van der Waals surface area contributed by atoms with E-state index in [0.29, 0.717) is 17.1 Å². The fraction of sp³-hybridized carbons (Fsp3) is 0.143. The third kappa shape index (κ3) is 3.53. The van der Waals surface area contributed by atoms with Crippen molar-refractivity contribution in [2.75, 3.05) is 14.2 Å². The Morgan fingerprint density at radius 3 is 2.81 bits per heavy atom. The number of para-hydroxylation sites is 1. The molecule has 7 heteroatoms. The molecule has 0 atom stereocenters. The van der Waals surface area contributed by atoms with Gasteiger partial charge in [-0.3, -0.25) is 9.78 Å². The predicted octanol–water partition coefficient (Wildman–Crippen LogP) is 1.26. The van der Waals surface area contributed by atoms with E-state index in [1.165, 1.54) is 31.9 Å². The lowest BCUT2D eigenvalue weighted by Gasteiger charge is -2.09. The van der Waals surface area contributed by atoms with Crippen LogP contribution in [0.15, 0.2) is 41.9 Å². The average molecular weight is 286 g/mol. The zero-order chi connectivity index (χ0) is 15.1. The van der Waals surface area contributed by atoms with Gasteiger partial charge in [0.2, 0.25) is 0 Å². The molecule has 0 aliphatic rings. The van der Waals surface area contributed by atoms with Crippen LogP contribution in [0.3, 0.4) is 0 Å². The van der Waals surface area contributed by atoms with Crippen molar-refractivity contribution >= 4 is 12.1 Å². The Bertz CT molecular complexity index is 644. The minimum absolute atomic E-state index is 0.187. The highest BCUT2D eigenvalue weighted by Gasteiger charge is 2.08. The van der Waals surface area contributed by atoms with Crippen LogP contribution < -0.4 is 14.9 Å². The van der Waals surface area contributed by atoms with E-state index in [4.69, 9.17) is 9.47 Å². The van der Waals surface area contributed by atoms with Gasteiger partial charge in [0.1, 0.15) is 5.69 Å². The maximum absolute atomic E-state index is 11.7. The molecule has 1 N–H and O–H groups in total. The van der Waals surface area contributed by atoms with Gasteiger partial charge < -0.3 is 9.47 Å². The van der Waals surface area contributed by atoms with Crippen LogP contribution in [0.25, 0.3) is 0 Å². The summed E-state index contributed by atoms with van der Waals surface area (Å²) >= 11 is 0. The summed E-state index contributed by atoms with van der Waals surface area (Å²) in [6, 6.07) is 5.36. The number of rotatable bonds is 5. The Hall–Kier alpha value is -2.96. The number of amides is 1. The molecule has 1 heterocycles. The Labute approximate surface area is 121 Å². The van der Waals surface area contributed by atoms with Crippen molar-refractivity contribution in [3.8, 4) is 11.5 Å². The second kappa shape index (κ2) is 6.99. The van der Waals surface area contributed by atoms with E-state index in [-0.39, 0.29) is 5.69 Å². The van der Waals surface area contributed by atoms with Gasteiger partial charge in [-0.2, -0.15) is 5.10 Å². The van der Waals surface area contributed by atoms with Crippen molar-refractivity contribution in [3.05, 3.63) is 48.0 Å². The topological polar surface area (TPSA) is 85.7 Å². The number of aromatic nitrogens is 2. The van der Waals surface area contributed by atoms with Gasteiger partial charge in [0, 0.05) is 18.0 Å². The summed E-state index contributed by atoms with van der Waals surface area (Å²) in [6.07, 6.45) is 5.75. The quantitative estimate of drug-likeness (QED) is 0.660. The monoisotopic (exact) mass is 286 g/mol. The molecule has 0 saturated carbocycles. The number of nitrogens with one attached hydrogen (secondary N) is 1. The molecule has 1 amide bonds. The molecule has 0 bridgehead atoms. The van der Waals surface area contributed by atoms with Gasteiger partial charge in [-0.1, -0.05) is 6.07 Å². The summed E-state index contributed by atoms with van der Waals surface area (Å²) in [6.45, 7) is 0. The molecular weight excluding hydrogens is 272 g/mol. The molecule has 1 aromatic carbocycles. The zero-order valence-electron chi connectivity index (χ0n) is 11.6. The Morgan fingerprint density at radius 1 is 1.29 bits per heavy atom. The fourth-order valence-corrected chi connectivity index (χ4v) is 1.65. The van der Waals surface area contributed by atoms with E-state index in [2.05, 4.69) is 20.5 Å². The first-order valence-corrected chi connectivity index (χ1v) is 6.06. The molecule has 2 aromatic rings. The van der Waals surface area contributed by atoms with Gasteiger partial charge in [-0.25, -0.2) is 10.4 Å². The average Bonchev–Trinajstić information content (AvgIpc) is 2.55. The highest BCUT2D eigenvalue weighted by atomic mass is 16.5. The van der Waals surface area contributed by atoms with Crippen LogP contribution in [0, 0.1) is 0 Å². The van der Waals surface area contributed by atoms with Gasteiger partial charge >= 0.3 is 0 Å². The molecule has 7 nitrogen and oxygen atoms in total. The largest absolute Gasteiger partial charge is 0.493 e. The minimum Gasteiger partial charge on any atom is -0.493 e. The van der Waals surface area contributed by atoms with E-state index >= 15 is 0 Å². The van der Waals surface area contributed by atoms with Crippen molar-refractivity contribution in [1.82, 2.24) is 15.4 Å². The first-order valence-electron chi connectivity index (χ1n) is 6.06. The Morgan fingerprint density at radius 2 is 2.14 bits per heavy atom. The van der Waals surface area contributed by atoms with Crippen LogP contribution in [0.2, 0.25) is 0 Å². The number of hydrazone groups is 1. The number of ether oxygens (including phenoxy) is 2. The Kier molecular flexibility index (Phi) is 4.81. The first-order chi connectivity index (χ1) is 10.3. The van der Waals surface area contributed by atoms with Crippen LogP contribution in [-0.4, -0.2) is 36.3 Å². The maximum atomic E-state index is 11.7. The van der Waals surface area contributed by atoms with Crippen molar-refractivity contribution in [2.45, 2.75) is 0 Å². The third-order valence-electron chi connectivity index (χ3n) is 2.60. The zero-order valence-corrected chi connectivity index (χ0v) is 11.6. The summed E-state index contributed by atoms with van der Waals surface area (Å²) in [4.78, 5) is 19.4. The molecule has 21 heavy (non-hydrogen) atoms. The molecule has 0 unspecified atom stereocenters. The molecule has 0 saturated heterocycles. The lowest BCUT2D eigenvalue weighted by atomic mass is 10.2. The van der Waals surface area contributed by atoms with E-state index in [1.807, 2.05) is 0 Å². The molecule has 0 aliphatic heterocycles. The number of carbonyl (C=O) groups excluding carboxylic acids is 1. The van der Waals surface area contributed by atoms with Gasteiger partial charge in [-0.15, -0.1) is 0 Å². The lowest BCUT2D eigenvalue weighted by molar-refractivity contribution is 0.0949. The molecule has 1 aromatic heterocycles. The molecule has 2 rings (SSSR count). The SMILES string of the molecule is COc1cccc(/C=N/NC(=O)c2cnccn2)c1OC. The second-order valence-electron chi connectivity index (χ2n) is 3.87. The summed E-state index contributed by atoms with van der Waals surface area (Å²) in [7, 11) is 3.09. The summed E-state index contributed by atoms with van der Waals surface area (Å²) < 4.78 is 10.4. The predicted molar refractivity (Wildman–Crippen MR) is 76.6 cm³/mol. The number of benzene rings is 1. The van der Waals surface area contributed by atoms with Crippen LogP contribution in [0.4, 0.5) is 0 Å². The van der Waals surface area contributed by atoms with Gasteiger partial charge in [0.25, 0.3) is 5.91 Å². The van der Waals surface area contributed by atoms with Crippen molar-refractivity contribution in [2.24, 2.45) is 5.10 Å². The van der Waals surface area contributed by atoms with Crippen LogP contribution in [-0.2, 0) is 0 Å². The molecule has 0 radical (unpaired) electrons. The number of hydrogen-bond donors (Lipinski definition) is 1. The normalized spacial score (nSPS) is 10.4. The van der Waals surface area contributed by atoms with Gasteiger partial charge in [0.05, 0.1) is 26.6 Å². The summed E-state index contributed by atoms with van der Waals surface area (Å²) in [5.74, 6) is 0.681. The molecular formula is C14H14N4O3. The summed E-state index contributed by atoms with van der Waals surface area (Å²) in [5, 5.41) is 3.87. The first kappa shape index (κ1) is 14.4.